The van der Waals surface area contributed by atoms with Crippen molar-refractivity contribution in [1.29, 1.82) is 0 Å². The standard InChI is InChI=1S/C21H27N5O3/c1-13-11-25(16-7-6-14(2)15(3)10-16)20-22-18-17(26(20)12-13)19(27)24(8-9-29-5)21(28)23(18)4/h6-7,10,13H,8-9,11-12H2,1-5H3/t13-/m0/s1. The third kappa shape index (κ3) is 3.07. The van der Waals surface area contributed by atoms with E-state index in [0.717, 1.165) is 12.2 Å². The number of fused-ring (bicyclic) bond motifs is 3. The number of aromatic nitrogens is 4. The van der Waals surface area contributed by atoms with Gasteiger partial charge in [0.05, 0.1) is 13.2 Å². The lowest BCUT2D eigenvalue weighted by molar-refractivity contribution is 0.184. The van der Waals surface area contributed by atoms with Crippen molar-refractivity contribution in [2.45, 2.75) is 33.9 Å². The smallest absolute Gasteiger partial charge is 0.332 e. The number of imidazole rings is 1. The van der Waals surface area contributed by atoms with E-state index < -0.39 is 0 Å². The second-order valence-corrected chi connectivity index (χ2v) is 7.97. The van der Waals surface area contributed by atoms with E-state index in [1.165, 1.54) is 20.3 Å². The van der Waals surface area contributed by atoms with Crippen LogP contribution in [0, 0.1) is 19.8 Å². The number of hydrogen-bond acceptors (Lipinski definition) is 5. The molecule has 8 heteroatoms. The summed E-state index contributed by atoms with van der Waals surface area (Å²) < 4.78 is 9.73. The first-order valence-corrected chi connectivity index (χ1v) is 9.87. The molecule has 154 valence electrons. The Hall–Kier alpha value is -2.87. The van der Waals surface area contributed by atoms with Crippen LogP contribution in [0.25, 0.3) is 11.2 Å². The summed E-state index contributed by atoms with van der Waals surface area (Å²) >= 11 is 0. The molecule has 8 nitrogen and oxygen atoms in total. The number of ether oxygens (including phenoxy) is 1. The van der Waals surface area contributed by atoms with E-state index >= 15 is 0 Å². The topological polar surface area (TPSA) is 74.3 Å². The zero-order chi connectivity index (χ0) is 20.9. The molecule has 0 saturated heterocycles. The van der Waals surface area contributed by atoms with Gasteiger partial charge in [-0.2, -0.15) is 4.98 Å². The molecular formula is C21H27N5O3. The molecule has 1 aliphatic heterocycles. The number of aryl methyl sites for hydroxylation is 3. The molecule has 1 aliphatic rings. The molecule has 4 rings (SSSR count). The lowest BCUT2D eigenvalue weighted by Crippen LogP contribution is -2.41. The number of rotatable bonds is 4. The fourth-order valence-electron chi connectivity index (χ4n) is 4.00. The molecule has 0 aliphatic carbocycles. The molecule has 3 heterocycles. The molecule has 0 bridgehead atoms. The predicted octanol–water partition coefficient (Wildman–Crippen LogP) is 1.95. The number of nitrogens with zero attached hydrogens (tertiary/aromatic N) is 5. The van der Waals surface area contributed by atoms with Crippen LogP contribution in [0.2, 0.25) is 0 Å². The van der Waals surface area contributed by atoms with E-state index in [1.807, 2.05) is 4.57 Å². The van der Waals surface area contributed by atoms with Gasteiger partial charge in [0.25, 0.3) is 5.56 Å². The molecule has 3 aromatic rings. The summed E-state index contributed by atoms with van der Waals surface area (Å²) in [5.41, 5.74) is 3.69. The van der Waals surface area contributed by atoms with E-state index in [2.05, 4.69) is 43.9 Å². The van der Waals surface area contributed by atoms with E-state index in [9.17, 15) is 9.59 Å². The van der Waals surface area contributed by atoms with Crippen LogP contribution in [0.15, 0.2) is 27.8 Å². The van der Waals surface area contributed by atoms with Gasteiger partial charge in [0.15, 0.2) is 11.2 Å². The molecule has 0 saturated carbocycles. The molecule has 0 radical (unpaired) electrons. The van der Waals surface area contributed by atoms with E-state index in [-0.39, 0.29) is 17.8 Å². The fraction of sp³-hybridized carbons (Fsp3) is 0.476. The summed E-state index contributed by atoms with van der Waals surface area (Å²) in [6, 6.07) is 6.33. The molecule has 1 atom stereocenters. The number of methoxy groups -OCH3 is 1. The molecule has 0 unspecified atom stereocenters. The number of benzene rings is 1. The minimum Gasteiger partial charge on any atom is -0.383 e. The highest BCUT2D eigenvalue weighted by molar-refractivity contribution is 5.77. The van der Waals surface area contributed by atoms with Crippen LogP contribution in [0.5, 0.6) is 0 Å². The second-order valence-electron chi connectivity index (χ2n) is 7.97. The van der Waals surface area contributed by atoms with Crippen molar-refractivity contribution in [2.75, 3.05) is 25.2 Å². The Morgan fingerprint density at radius 3 is 2.62 bits per heavy atom. The summed E-state index contributed by atoms with van der Waals surface area (Å²) in [7, 11) is 3.22. The van der Waals surface area contributed by atoms with Crippen LogP contribution in [0.1, 0.15) is 18.1 Å². The number of hydrogen-bond donors (Lipinski definition) is 0. The van der Waals surface area contributed by atoms with Crippen LogP contribution in [0.4, 0.5) is 11.6 Å². The minimum absolute atomic E-state index is 0.217. The van der Waals surface area contributed by atoms with Gasteiger partial charge in [-0.15, -0.1) is 0 Å². The highest BCUT2D eigenvalue weighted by Crippen LogP contribution is 2.33. The fourth-order valence-corrected chi connectivity index (χ4v) is 4.00. The predicted molar refractivity (Wildman–Crippen MR) is 113 cm³/mol. The van der Waals surface area contributed by atoms with Crippen LogP contribution in [-0.4, -0.2) is 38.9 Å². The molecule has 2 aromatic heterocycles. The van der Waals surface area contributed by atoms with Crippen LogP contribution < -0.4 is 16.1 Å². The van der Waals surface area contributed by atoms with Crippen molar-refractivity contribution in [2.24, 2.45) is 13.0 Å². The Labute approximate surface area is 169 Å². The van der Waals surface area contributed by atoms with Gasteiger partial charge in [-0.25, -0.2) is 4.79 Å². The average Bonchev–Trinajstić information content (AvgIpc) is 3.07. The van der Waals surface area contributed by atoms with Crippen LogP contribution >= 0.6 is 0 Å². The Morgan fingerprint density at radius 2 is 1.93 bits per heavy atom. The maximum absolute atomic E-state index is 13.2. The van der Waals surface area contributed by atoms with Crippen LogP contribution in [-0.2, 0) is 24.9 Å². The van der Waals surface area contributed by atoms with Gasteiger partial charge in [-0.1, -0.05) is 13.0 Å². The van der Waals surface area contributed by atoms with Gasteiger partial charge in [0.2, 0.25) is 5.95 Å². The van der Waals surface area contributed by atoms with Crippen molar-refractivity contribution < 1.29 is 4.74 Å². The highest BCUT2D eigenvalue weighted by Gasteiger charge is 2.29. The third-order valence-corrected chi connectivity index (χ3v) is 5.76. The first-order valence-electron chi connectivity index (χ1n) is 9.87. The molecule has 29 heavy (non-hydrogen) atoms. The zero-order valence-electron chi connectivity index (χ0n) is 17.6. The van der Waals surface area contributed by atoms with Crippen molar-refractivity contribution >= 4 is 22.8 Å². The summed E-state index contributed by atoms with van der Waals surface area (Å²) in [5, 5.41) is 0. The van der Waals surface area contributed by atoms with E-state index in [1.54, 1.807) is 14.2 Å². The molecule has 0 N–H and O–H groups in total. The van der Waals surface area contributed by atoms with E-state index in [0.29, 0.717) is 36.2 Å². The van der Waals surface area contributed by atoms with Crippen molar-refractivity contribution in [1.82, 2.24) is 18.7 Å². The Bertz CT molecular complexity index is 1200. The molecular weight excluding hydrogens is 370 g/mol. The van der Waals surface area contributed by atoms with Crippen LogP contribution in [0.3, 0.4) is 0 Å². The SMILES string of the molecule is COCCn1c(=O)c2c(nc3n2C[C@@H](C)CN3c2ccc(C)c(C)c2)n(C)c1=O. The minimum atomic E-state index is -0.374. The quantitative estimate of drug-likeness (QED) is 0.673. The Balaban J connectivity index is 1.97. The Morgan fingerprint density at radius 1 is 1.17 bits per heavy atom. The molecule has 1 aromatic carbocycles. The average molecular weight is 397 g/mol. The van der Waals surface area contributed by atoms with Crippen molar-refractivity contribution in [3.63, 3.8) is 0 Å². The lowest BCUT2D eigenvalue weighted by Gasteiger charge is -2.33. The summed E-state index contributed by atoms with van der Waals surface area (Å²) in [6.07, 6.45) is 0. The van der Waals surface area contributed by atoms with Gasteiger partial charge in [-0.3, -0.25) is 13.9 Å². The highest BCUT2D eigenvalue weighted by atomic mass is 16.5. The largest absolute Gasteiger partial charge is 0.383 e. The summed E-state index contributed by atoms with van der Waals surface area (Å²) in [5.74, 6) is 1.03. The van der Waals surface area contributed by atoms with Gasteiger partial charge < -0.3 is 14.2 Å². The van der Waals surface area contributed by atoms with Crippen molar-refractivity contribution in [3.8, 4) is 0 Å². The normalized spacial score (nSPS) is 16.4. The van der Waals surface area contributed by atoms with Gasteiger partial charge >= 0.3 is 5.69 Å². The van der Waals surface area contributed by atoms with Gasteiger partial charge in [0.1, 0.15) is 0 Å². The Kier molecular flexibility index (Phi) is 4.82. The van der Waals surface area contributed by atoms with E-state index in [4.69, 9.17) is 9.72 Å². The van der Waals surface area contributed by atoms with Crippen molar-refractivity contribution in [3.05, 3.63) is 50.2 Å². The summed E-state index contributed by atoms with van der Waals surface area (Å²) in [4.78, 5) is 32.8. The molecule has 0 spiro atoms. The third-order valence-electron chi connectivity index (χ3n) is 5.76. The van der Waals surface area contributed by atoms with Gasteiger partial charge in [-0.05, 0) is 43.0 Å². The monoisotopic (exact) mass is 397 g/mol. The summed E-state index contributed by atoms with van der Waals surface area (Å²) in [6.45, 7) is 8.34. The first-order chi connectivity index (χ1) is 13.8. The lowest BCUT2D eigenvalue weighted by atomic mass is 10.1. The molecule has 0 fully saturated rings. The molecule has 0 amide bonds. The maximum atomic E-state index is 13.2. The second kappa shape index (κ2) is 7.18. The maximum Gasteiger partial charge on any atom is 0.332 e. The zero-order valence-corrected chi connectivity index (χ0v) is 17.6. The van der Waals surface area contributed by atoms with Gasteiger partial charge in [0, 0.05) is 32.9 Å². The first kappa shape index (κ1) is 19.4. The number of anilines is 2.